The minimum atomic E-state index is -0.314. The van der Waals surface area contributed by atoms with Gasteiger partial charge in [0.1, 0.15) is 12.1 Å². The van der Waals surface area contributed by atoms with Crippen LogP contribution in [0.3, 0.4) is 0 Å². The van der Waals surface area contributed by atoms with Crippen LogP contribution in [0.4, 0.5) is 5.95 Å². The van der Waals surface area contributed by atoms with Gasteiger partial charge in [0.2, 0.25) is 5.95 Å². The lowest BCUT2D eigenvalue weighted by Crippen LogP contribution is -2.14. The predicted octanol–water partition coefficient (Wildman–Crippen LogP) is 1.83. The Hall–Kier alpha value is -1.89. The van der Waals surface area contributed by atoms with Crippen molar-refractivity contribution in [1.82, 2.24) is 15.2 Å². The Kier molecular flexibility index (Phi) is 3.38. The molecule has 1 aromatic carbocycles. The zero-order valence-electron chi connectivity index (χ0n) is 8.90. The Balaban J connectivity index is 2.24. The second kappa shape index (κ2) is 4.96. The van der Waals surface area contributed by atoms with Crippen molar-refractivity contribution in [3.05, 3.63) is 34.6 Å². The summed E-state index contributed by atoms with van der Waals surface area (Å²) >= 11 is 3.31. The molecule has 0 saturated heterocycles. The van der Waals surface area contributed by atoms with Crippen LogP contribution < -0.4 is 10.1 Å². The number of benzene rings is 1. The summed E-state index contributed by atoms with van der Waals surface area (Å²) in [6.45, 7) is 0. The first-order chi connectivity index (χ1) is 8.20. The average Bonchev–Trinajstić information content (AvgIpc) is 2.81. The van der Waals surface area contributed by atoms with Gasteiger partial charge in [0.15, 0.2) is 0 Å². The molecular formula is C10H9BrN4O2. The lowest BCUT2D eigenvalue weighted by Gasteiger charge is -2.07. The summed E-state index contributed by atoms with van der Waals surface area (Å²) < 4.78 is 5.97. The lowest BCUT2D eigenvalue weighted by molar-refractivity contribution is 0.102. The minimum absolute atomic E-state index is 0.292. The molecule has 2 N–H and O–H groups in total. The Morgan fingerprint density at radius 2 is 2.35 bits per heavy atom. The number of rotatable bonds is 3. The maximum Gasteiger partial charge on any atom is 0.261 e. The molecule has 0 unspecified atom stereocenters. The fourth-order valence-corrected chi connectivity index (χ4v) is 1.63. The van der Waals surface area contributed by atoms with E-state index in [1.807, 2.05) is 0 Å². The number of hydrogen-bond acceptors (Lipinski definition) is 4. The number of aromatic amines is 1. The van der Waals surface area contributed by atoms with Crippen molar-refractivity contribution in [2.75, 3.05) is 12.4 Å². The molecule has 0 atom stereocenters. The standard InChI is InChI=1S/C10H9BrN4O2/c1-17-8-4-6(11)2-3-7(8)9(16)14-10-12-5-13-15-10/h2-5H,1H3,(H2,12,13,14,15,16). The van der Waals surface area contributed by atoms with E-state index in [0.29, 0.717) is 17.3 Å². The van der Waals surface area contributed by atoms with Gasteiger partial charge < -0.3 is 4.74 Å². The molecule has 0 saturated carbocycles. The molecule has 88 valence electrons. The quantitative estimate of drug-likeness (QED) is 0.905. The number of aromatic nitrogens is 3. The van der Waals surface area contributed by atoms with Crippen molar-refractivity contribution in [3.63, 3.8) is 0 Å². The first-order valence-electron chi connectivity index (χ1n) is 4.71. The summed E-state index contributed by atoms with van der Waals surface area (Å²) in [5.74, 6) is 0.461. The van der Waals surface area contributed by atoms with E-state index in [4.69, 9.17) is 4.74 Å². The zero-order chi connectivity index (χ0) is 12.3. The van der Waals surface area contributed by atoms with Crippen LogP contribution >= 0.6 is 15.9 Å². The Morgan fingerprint density at radius 1 is 1.53 bits per heavy atom. The van der Waals surface area contributed by atoms with E-state index in [9.17, 15) is 4.79 Å². The zero-order valence-corrected chi connectivity index (χ0v) is 10.5. The second-order valence-corrected chi connectivity index (χ2v) is 4.05. The van der Waals surface area contributed by atoms with Gasteiger partial charge in [-0.25, -0.2) is 5.10 Å². The number of nitrogens with zero attached hydrogens (tertiary/aromatic N) is 2. The second-order valence-electron chi connectivity index (χ2n) is 3.13. The summed E-state index contributed by atoms with van der Waals surface area (Å²) in [6, 6.07) is 5.14. The van der Waals surface area contributed by atoms with Crippen molar-refractivity contribution in [2.24, 2.45) is 0 Å². The molecule has 0 aliphatic carbocycles. The molecule has 17 heavy (non-hydrogen) atoms. The Bertz CT molecular complexity index is 527. The van der Waals surface area contributed by atoms with Gasteiger partial charge in [-0.2, -0.15) is 10.1 Å². The summed E-state index contributed by atoms with van der Waals surface area (Å²) in [7, 11) is 1.51. The molecule has 0 bridgehead atoms. The van der Waals surface area contributed by atoms with Gasteiger partial charge in [-0.15, -0.1) is 0 Å². The number of amides is 1. The first kappa shape index (κ1) is 11.6. The van der Waals surface area contributed by atoms with E-state index in [2.05, 4.69) is 36.4 Å². The molecule has 0 aliphatic rings. The average molecular weight is 297 g/mol. The highest BCUT2D eigenvalue weighted by atomic mass is 79.9. The van der Waals surface area contributed by atoms with Gasteiger partial charge in [0, 0.05) is 4.47 Å². The van der Waals surface area contributed by atoms with E-state index in [0.717, 1.165) is 4.47 Å². The SMILES string of the molecule is COc1cc(Br)ccc1C(=O)Nc1ncn[nH]1. The van der Waals surface area contributed by atoms with Gasteiger partial charge in [-0.05, 0) is 18.2 Å². The van der Waals surface area contributed by atoms with Crippen molar-refractivity contribution in [3.8, 4) is 5.75 Å². The van der Waals surface area contributed by atoms with Crippen molar-refractivity contribution < 1.29 is 9.53 Å². The largest absolute Gasteiger partial charge is 0.496 e. The summed E-state index contributed by atoms with van der Waals surface area (Å²) in [6.07, 6.45) is 1.31. The Morgan fingerprint density at radius 3 is 3.00 bits per heavy atom. The van der Waals surface area contributed by atoms with Crippen LogP contribution in [0.1, 0.15) is 10.4 Å². The molecule has 2 rings (SSSR count). The molecule has 2 aromatic rings. The van der Waals surface area contributed by atoms with Gasteiger partial charge in [0.25, 0.3) is 5.91 Å². The highest BCUT2D eigenvalue weighted by molar-refractivity contribution is 9.10. The molecule has 0 radical (unpaired) electrons. The van der Waals surface area contributed by atoms with Crippen LogP contribution in [0.5, 0.6) is 5.75 Å². The highest BCUT2D eigenvalue weighted by Crippen LogP contribution is 2.23. The molecular weight excluding hydrogens is 288 g/mol. The predicted molar refractivity (Wildman–Crippen MR) is 65.0 cm³/mol. The number of ether oxygens (including phenoxy) is 1. The number of halogens is 1. The van der Waals surface area contributed by atoms with E-state index >= 15 is 0 Å². The van der Waals surface area contributed by atoms with Crippen molar-refractivity contribution >= 4 is 27.8 Å². The Labute approximate surface area is 106 Å². The maximum atomic E-state index is 11.9. The molecule has 1 amide bonds. The van der Waals surface area contributed by atoms with E-state index in [1.165, 1.54) is 13.4 Å². The van der Waals surface area contributed by atoms with Gasteiger partial charge in [0.05, 0.1) is 12.7 Å². The first-order valence-corrected chi connectivity index (χ1v) is 5.50. The third kappa shape index (κ3) is 2.62. The molecule has 1 aromatic heterocycles. The minimum Gasteiger partial charge on any atom is -0.496 e. The highest BCUT2D eigenvalue weighted by Gasteiger charge is 2.13. The number of hydrogen-bond donors (Lipinski definition) is 2. The van der Waals surface area contributed by atoms with Crippen molar-refractivity contribution in [2.45, 2.75) is 0 Å². The van der Waals surface area contributed by atoms with E-state index < -0.39 is 0 Å². The van der Waals surface area contributed by atoms with Gasteiger partial charge in [-0.3, -0.25) is 10.1 Å². The van der Waals surface area contributed by atoms with Crippen LogP contribution in [0.15, 0.2) is 29.0 Å². The van der Waals surface area contributed by atoms with Crippen molar-refractivity contribution in [1.29, 1.82) is 0 Å². The number of carbonyl (C=O) groups is 1. The summed E-state index contributed by atoms with van der Waals surface area (Å²) in [5.41, 5.74) is 0.423. The molecule has 1 heterocycles. The van der Waals surface area contributed by atoms with Crippen LogP contribution in [0, 0.1) is 0 Å². The summed E-state index contributed by atoms with van der Waals surface area (Å²) in [5, 5.41) is 8.75. The lowest BCUT2D eigenvalue weighted by atomic mass is 10.2. The normalized spacial score (nSPS) is 10.0. The maximum absolute atomic E-state index is 11.9. The van der Waals surface area contributed by atoms with Crippen LogP contribution in [-0.4, -0.2) is 28.2 Å². The third-order valence-corrected chi connectivity index (χ3v) is 2.55. The monoisotopic (exact) mass is 296 g/mol. The number of carbonyl (C=O) groups excluding carboxylic acids is 1. The van der Waals surface area contributed by atoms with Crippen LogP contribution in [0.2, 0.25) is 0 Å². The van der Waals surface area contributed by atoms with Gasteiger partial charge in [-0.1, -0.05) is 15.9 Å². The molecule has 0 aliphatic heterocycles. The van der Waals surface area contributed by atoms with Crippen LogP contribution in [-0.2, 0) is 0 Å². The number of methoxy groups -OCH3 is 1. The molecule has 0 fully saturated rings. The number of nitrogens with one attached hydrogen (secondary N) is 2. The molecule has 6 nitrogen and oxygen atoms in total. The van der Waals surface area contributed by atoms with Gasteiger partial charge >= 0.3 is 0 Å². The number of anilines is 1. The topological polar surface area (TPSA) is 79.9 Å². The molecule has 7 heteroatoms. The summed E-state index contributed by atoms with van der Waals surface area (Å²) in [4.78, 5) is 15.7. The third-order valence-electron chi connectivity index (χ3n) is 2.06. The smallest absolute Gasteiger partial charge is 0.261 e. The fraction of sp³-hybridized carbons (Fsp3) is 0.100. The fourth-order valence-electron chi connectivity index (χ4n) is 1.29. The van der Waals surface area contributed by atoms with Crippen LogP contribution in [0.25, 0.3) is 0 Å². The van der Waals surface area contributed by atoms with E-state index in [-0.39, 0.29) is 5.91 Å². The van der Waals surface area contributed by atoms with E-state index in [1.54, 1.807) is 18.2 Å². The molecule has 0 spiro atoms. The number of H-pyrrole nitrogens is 1.